The number of ketones is 1. The van der Waals surface area contributed by atoms with Crippen LogP contribution in [0.3, 0.4) is 0 Å². The van der Waals surface area contributed by atoms with Crippen molar-refractivity contribution in [3.8, 4) is 0 Å². The highest BCUT2D eigenvalue weighted by Crippen LogP contribution is 2.23. The first-order valence-electron chi connectivity index (χ1n) is 4.52. The van der Waals surface area contributed by atoms with Gasteiger partial charge in [0.2, 0.25) is 0 Å². The predicted octanol–water partition coefficient (Wildman–Crippen LogP) is 1.80. The van der Waals surface area contributed by atoms with Crippen molar-refractivity contribution in [3.63, 3.8) is 0 Å². The molecule has 0 spiro atoms. The summed E-state index contributed by atoms with van der Waals surface area (Å²) >= 11 is 0. The second kappa shape index (κ2) is 3.68. The average molecular weight is 207 g/mol. The Morgan fingerprint density at radius 1 is 1.47 bits per heavy atom. The van der Waals surface area contributed by atoms with Crippen molar-refractivity contribution >= 4 is 17.8 Å². The SMILES string of the molecule is CC(=O)c1ccccc1N1CN(F)C=N1. The van der Waals surface area contributed by atoms with Gasteiger partial charge in [0.25, 0.3) is 0 Å². The second-order valence-corrected chi connectivity index (χ2v) is 3.24. The molecule has 0 amide bonds. The summed E-state index contributed by atoms with van der Waals surface area (Å²) in [6.07, 6.45) is 1.08. The van der Waals surface area contributed by atoms with Crippen molar-refractivity contribution in [3.05, 3.63) is 29.8 Å². The van der Waals surface area contributed by atoms with E-state index in [4.69, 9.17) is 0 Å². The van der Waals surface area contributed by atoms with E-state index in [9.17, 15) is 9.28 Å². The summed E-state index contributed by atoms with van der Waals surface area (Å²) in [5, 5.41) is 5.73. The molecule has 1 aromatic rings. The third kappa shape index (κ3) is 1.81. The van der Waals surface area contributed by atoms with E-state index in [0.717, 1.165) is 6.34 Å². The first-order valence-corrected chi connectivity index (χ1v) is 4.52. The molecule has 0 aliphatic carbocycles. The molecule has 2 rings (SSSR count). The third-order valence-corrected chi connectivity index (χ3v) is 2.15. The highest BCUT2D eigenvalue weighted by atomic mass is 19.2. The highest BCUT2D eigenvalue weighted by Gasteiger charge is 2.18. The Kier molecular flexibility index (Phi) is 2.37. The largest absolute Gasteiger partial charge is 0.294 e. The van der Waals surface area contributed by atoms with Crippen LogP contribution in [0.25, 0.3) is 0 Å². The first-order chi connectivity index (χ1) is 7.18. The van der Waals surface area contributed by atoms with Crippen molar-refractivity contribution in [1.82, 2.24) is 5.12 Å². The van der Waals surface area contributed by atoms with Gasteiger partial charge in [0.1, 0.15) is 13.0 Å². The molecule has 0 N–H and O–H groups in total. The summed E-state index contributed by atoms with van der Waals surface area (Å²) in [6, 6.07) is 7.01. The minimum Gasteiger partial charge on any atom is -0.294 e. The topological polar surface area (TPSA) is 35.9 Å². The number of hydrogen-bond acceptors (Lipinski definition) is 4. The molecule has 1 aromatic carbocycles. The minimum atomic E-state index is -0.0573. The van der Waals surface area contributed by atoms with Crippen molar-refractivity contribution in [2.24, 2.45) is 5.10 Å². The van der Waals surface area contributed by atoms with Crippen LogP contribution in [0.4, 0.5) is 10.2 Å². The number of nitrogens with zero attached hydrogens (tertiary/aromatic N) is 3. The lowest BCUT2D eigenvalue weighted by Crippen LogP contribution is -2.21. The van der Waals surface area contributed by atoms with Gasteiger partial charge in [0.15, 0.2) is 5.78 Å². The van der Waals surface area contributed by atoms with Crippen LogP contribution in [0, 0.1) is 0 Å². The highest BCUT2D eigenvalue weighted by molar-refractivity contribution is 5.99. The fraction of sp³-hybridized carbons (Fsp3) is 0.200. The Morgan fingerprint density at radius 3 is 2.80 bits per heavy atom. The standard InChI is InChI=1S/C10H10FN3O/c1-8(15)9-4-2-3-5-10(9)14-7-13(11)6-12-14/h2-6H,7H2,1H3. The van der Waals surface area contributed by atoms with E-state index in [2.05, 4.69) is 5.10 Å². The van der Waals surface area contributed by atoms with Gasteiger partial charge in [-0.3, -0.25) is 4.79 Å². The molecule has 0 saturated heterocycles. The minimum absolute atomic E-state index is 0.0181. The quantitative estimate of drug-likeness (QED) is 0.548. The number of Topliss-reactive ketones (excluding diaryl/α,β-unsaturated/α-hetero) is 1. The number of carbonyl (C=O) groups is 1. The smallest absolute Gasteiger partial charge is 0.161 e. The second-order valence-electron chi connectivity index (χ2n) is 3.24. The zero-order valence-electron chi connectivity index (χ0n) is 8.22. The van der Waals surface area contributed by atoms with E-state index in [0.29, 0.717) is 16.4 Å². The molecule has 15 heavy (non-hydrogen) atoms. The zero-order valence-corrected chi connectivity index (χ0v) is 8.22. The van der Waals surface area contributed by atoms with Gasteiger partial charge in [-0.05, 0) is 19.1 Å². The number of carbonyl (C=O) groups excluding carboxylic acids is 1. The Hall–Kier alpha value is -1.91. The molecule has 1 aliphatic heterocycles. The summed E-state index contributed by atoms with van der Waals surface area (Å²) in [5.74, 6) is -0.0573. The fourth-order valence-electron chi connectivity index (χ4n) is 1.45. The van der Waals surface area contributed by atoms with E-state index in [1.807, 2.05) is 0 Å². The van der Waals surface area contributed by atoms with E-state index < -0.39 is 0 Å². The van der Waals surface area contributed by atoms with Gasteiger partial charge in [0, 0.05) is 5.56 Å². The maximum atomic E-state index is 12.7. The van der Waals surface area contributed by atoms with Crippen molar-refractivity contribution in [1.29, 1.82) is 0 Å². The number of hydrogen-bond donors (Lipinski definition) is 0. The molecule has 5 heteroatoms. The molecule has 0 radical (unpaired) electrons. The van der Waals surface area contributed by atoms with Crippen LogP contribution in [-0.2, 0) is 0 Å². The summed E-state index contributed by atoms with van der Waals surface area (Å²) in [5.41, 5.74) is 1.17. The lowest BCUT2D eigenvalue weighted by molar-refractivity contribution is 0.101. The van der Waals surface area contributed by atoms with Crippen LogP contribution in [0.1, 0.15) is 17.3 Å². The molecule has 4 nitrogen and oxygen atoms in total. The molecule has 0 unspecified atom stereocenters. The van der Waals surface area contributed by atoms with Crippen molar-refractivity contribution < 1.29 is 9.28 Å². The molecule has 0 fully saturated rings. The third-order valence-electron chi connectivity index (χ3n) is 2.15. The lowest BCUT2D eigenvalue weighted by atomic mass is 10.1. The molecular formula is C10H10FN3O. The number of rotatable bonds is 2. The number of benzene rings is 1. The summed E-state index contributed by atoms with van der Waals surface area (Å²) in [7, 11) is 0. The Bertz CT molecular complexity index is 419. The summed E-state index contributed by atoms with van der Waals surface area (Å²) < 4.78 is 12.7. The van der Waals surface area contributed by atoms with E-state index in [1.54, 1.807) is 24.3 Å². The number of halogens is 1. The van der Waals surface area contributed by atoms with Gasteiger partial charge >= 0.3 is 0 Å². The maximum absolute atomic E-state index is 12.7. The van der Waals surface area contributed by atoms with E-state index in [1.165, 1.54) is 11.9 Å². The lowest BCUT2D eigenvalue weighted by Gasteiger charge is -2.16. The van der Waals surface area contributed by atoms with Gasteiger partial charge < -0.3 is 0 Å². The molecule has 1 aliphatic rings. The van der Waals surface area contributed by atoms with Crippen LogP contribution < -0.4 is 5.01 Å². The fourth-order valence-corrected chi connectivity index (χ4v) is 1.45. The number of para-hydroxylation sites is 1. The van der Waals surface area contributed by atoms with Crippen molar-refractivity contribution in [2.75, 3.05) is 11.7 Å². The molecule has 78 valence electrons. The zero-order chi connectivity index (χ0) is 10.8. The van der Waals surface area contributed by atoms with Crippen LogP contribution in [0.2, 0.25) is 0 Å². The first kappa shape index (κ1) is 9.64. The van der Waals surface area contributed by atoms with Crippen LogP contribution in [-0.4, -0.2) is 23.9 Å². The molecular weight excluding hydrogens is 197 g/mol. The molecule has 1 heterocycles. The van der Waals surface area contributed by atoms with Crippen LogP contribution in [0.5, 0.6) is 0 Å². The summed E-state index contributed by atoms with van der Waals surface area (Å²) in [4.78, 5) is 11.3. The van der Waals surface area contributed by atoms with E-state index >= 15 is 0 Å². The van der Waals surface area contributed by atoms with Gasteiger partial charge in [0.05, 0.1) is 5.69 Å². The molecule has 0 aromatic heterocycles. The van der Waals surface area contributed by atoms with Crippen LogP contribution in [0.15, 0.2) is 29.4 Å². The van der Waals surface area contributed by atoms with Gasteiger partial charge in [-0.25, -0.2) is 5.01 Å². The number of anilines is 1. The van der Waals surface area contributed by atoms with Gasteiger partial charge in [-0.2, -0.15) is 10.2 Å². The number of hydrazone groups is 1. The van der Waals surface area contributed by atoms with E-state index in [-0.39, 0.29) is 12.5 Å². The van der Waals surface area contributed by atoms with Crippen LogP contribution >= 0.6 is 0 Å². The predicted molar refractivity (Wildman–Crippen MR) is 55.2 cm³/mol. The molecule has 0 saturated carbocycles. The van der Waals surface area contributed by atoms with Crippen molar-refractivity contribution in [2.45, 2.75) is 6.92 Å². The summed E-state index contributed by atoms with van der Waals surface area (Å²) in [6.45, 7) is 1.50. The van der Waals surface area contributed by atoms with Gasteiger partial charge in [-0.15, -0.1) is 0 Å². The average Bonchev–Trinajstić information content (AvgIpc) is 2.65. The molecule has 0 bridgehead atoms. The monoisotopic (exact) mass is 207 g/mol. The maximum Gasteiger partial charge on any atom is 0.161 e. The Labute approximate surface area is 86.5 Å². The normalized spacial score (nSPS) is 14.8. The van der Waals surface area contributed by atoms with Gasteiger partial charge in [-0.1, -0.05) is 16.6 Å². The molecule has 0 atom stereocenters. The Balaban J connectivity index is 2.36. The Morgan fingerprint density at radius 2 is 2.20 bits per heavy atom.